The van der Waals surface area contributed by atoms with Crippen LogP contribution >= 0.6 is 23.4 Å². The molecule has 0 atom stereocenters. The van der Waals surface area contributed by atoms with E-state index in [0.717, 1.165) is 16.7 Å². The highest BCUT2D eigenvalue weighted by Gasteiger charge is 2.36. The first-order valence-electron chi connectivity index (χ1n) is 8.93. The molecule has 2 amide bonds. The Morgan fingerprint density at radius 1 is 1.23 bits per heavy atom. The largest absolute Gasteiger partial charge is 0.490 e. The highest BCUT2D eigenvalue weighted by molar-refractivity contribution is 8.18. The minimum absolute atomic E-state index is 0.0760. The van der Waals surface area contributed by atoms with E-state index >= 15 is 0 Å². The van der Waals surface area contributed by atoms with Crippen molar-refractivity contribution in [2.75, 3.05) is 6.61 Å². The minimum atomic E-state index is -0.590. The SMILES string of the molecule is CCOc1cc(/C=C2\SC(=O)N(Cc3c(F)cccc3Cl)C2=O)ccc1OC(C)=O. The number of rotatable bonds is 6. The second-order valence-electron chi connectivity index (χ2n) is 6.20. The van der Waals surface area contributed by atoms with Crippen molar-refractivity contribution in [1.82, 2.24) is 4.90 Å². The summed E-state index contributed by atoms with van der Waals surface area (Å²) in [6, 6.07) is 8.93. The Kier molecular flexibility index (Phi) is 6.79. The maximum atomic E-state index is 14.0. The maximum Gasteiger partial charge on any atom is 0.308 e. The third-order valence-corrected chi connectivity index (χ3v) is 5.33. The summed E-state index contributed by atoms with van der Waals surface area (Å²) in [5.41, 5.74) is 0.649. The molecule has 0 bridgehead atoms. The molecule has 1 heterocycles. The molecule has 0 N–H and O–H groups in total. The fraction of sp³-hybridized carbons (Fsp3) is 0.190. The van der Waals surface area contributed by atoms with Crippen molar-refractivity contribution < 1.29 is 28.2 Å². The fourth-order valence-electron chi connectivity index (χ4n) is 2.75. The van der Waals surface area contributed by atoms with E-state index in [0.29, 0.717) is 17.9 Å². The van der Waals surface area contributed by atoms with E-state index in [1.807, 2.05) is 0 Å². The Bertz CT molecular complexity index is 1040. The number of hydrogen-bond donors (Lipinski definition) is 0. The number of ether oxygens (including phenoxy) is 2. The lowest BCUT2D eigenvalue weighted by Gasteiger charge is -2.14. The second-order valence-corrected chi connectivity index (χ2v) is 7.60. The van der Waals surface area contributed by atoms with Gasteiger partial charge in [0.15, 0.2) is 11.5 Å². The van der Waals surface area contributed by atoms with Crippen molar-refractivity contribution in [3.05, 3.63) is 63.3 Å². The molecular weight excluding hydrogens is 433 g/mol. The summed E-state index contributed by atoms with van der Waals surface area (Å²) in [5.74, 6) is -1.04. The normalized spacial score (nSPS) is 15.1. The summed E-state index contributed by atoms with van der Waals surface area (Å²) in [6.07, 6.45) is 1.52. The van der Waals surface area contributed by atoms with Gasteiger partial charge in [0, 0.05) is 17.5 Å². The molecule has 6 nitrogen and oxygen atoms in total. The standard InChI is InChI=1S/C21H17ClFNO5S/c1-3-28-18-9-13(7-8-17(18)29-12(2)25)10-19-20(26)24(21(27)30-19)11-14-15(22)5-4-6-16(14)23/h4-10H,3,11H2,1-2H3/b19-10-. The third-order valence-electron chi connectivity index (χ3n) is 4.07. The Hall–Kier alpha value is -2.84. The highest BCUT2D eigenvalue weighted by Crippen LogP contribution is 2.36. The van der Waals surface area contributed by atoms with Crippen LogP contribution in [0.1, 0.15) is 25.0 Å². The first-order valence-corrected chi connectivity index (χ1v) is 10.1. The van der Waals surface area contributed by atoms with Crippen LogP contribution in [0, 0.1) is 5.82 Å². The first kappa shape index (κ1) is 21.9. The topological polar surface area (TPSA) is 72.9 Å². The van der Waals surface area contributed by atoms with Crippen LogP contribution in [0.15, 0.2) is 41.3 Å². The van der Waals surface area contributed by atoms with Crippen LogP contribution in [0.2, 0.25) is 5.02 Å². The summed E-state index contributed by atoms with van der Waals surface area (Å²) in [5, 5.41) is -0.382. The Labute approximate surface area is 181 Å². The lowest BCUT2D eigenvalue weighted by Crippen LogP contribution is -2.28. The van der Waals surface area contributed by atoms with Crippen molar-refractivity contribution in [3.8, 4) is 11.5 Å². The van der Waals surface area contributed by atoms with Gasteiger partial charge in [-0.05, 0) is 54.6 Å². The summed E-state index contributed by atoms with van der Waals surface area (Å²) in [6.45, 7) is 3.14. The van der Waals surface area contributed by atoms with Crippen molar-refractivity contribution in [2.45, 2.75) is 20.4 Å². The summed E-state index contributed by atoms with van der Waals surface area (Å²) >= 11 is 6.76. The van der Waals surface area contributed by atoms with E-state index in [1.165, 1.54) is 31.2 Å². The molecule has 9 heteroatoms. The number of thioether (sulfide) groups is 1. The highest BCUT2D eigenvalue weighted by atomic mass is 35.5. The van der Waals surface area contributed by atoms with E-state index in [-0.39, 0.29) is 27.8 Å². The van der Waals surface area contributed by atoms with E-state index in [2.05, 4.69) is 0 Å². The maximum absolute atomic E-state index is 14.0. The second kappa shape index (κ2) is 9.32. The monoisotopic (exact) mass is 449 g/mol. The van der Waals surface area contributed by atoms with Gasteiger partial charge in [0.1, 0.15) is 5.82 Å². The summed E-state index contributed by atoms with van der Waals surface area (Å²) in [4.78, 5) is 37.4. The van der Waals surface area contributed by atoms with Gasteiger partial charge in [-0.2, -0.15) is 0 Å². The molecule has 0 aliphatic carbocycles. The smallest absolute Gasteiger partial charge is 0.308 e. The van der Waals surface area contributed by atoms with Crippen molar-refractivity contribution in [1.29, 1.82) is 0 Å². The molecule has 1 fully saturated rings. The minimum Gasteiger partial charge on any atom is -0.490 e. The molecule has 156 valence electrons. The van der Waals surface area contributed by atoms with Crippen LogP contribution in [0.5, 0.6) is 11.5 Å². The van der Waals surface area contributed by atoms with Crippen LogP contribution < -0.4 is 9.47 Å². The van der Waals surface area contributed by atoms with Gasteiger partial charge < -0.3 is 9.47 Å². The van der Waals surface area contributed by atoms with Crippen LogP contribution in [-0.4, -0.2) is 28.6 Å². The Morgan fingerprint density at radius 2 is 2.00 bits per heavy atom. The van der Waals surface area contributed by atoms with Gasteiger partial charge in [0.25, 0.3) is 11.1 Å². The molecular formula is C21H17ClFNO5S. The van der Waals surface area contributed by atoms with Crippen molar-refractivity contribution >= 4 is 46.6 Å². The van der Waals surface area contributed by atoms with Crippen molar-refractivity contribution in [3.63, 3.8) is 0 Å². The van der Waals surface area contributed by atoms with E-state index in [9.17, 15) is 18.8 Å². The van der Waals surface area contributed by atoms with Gasteiger partial charge >= 0.3 is 5.97 Å². The van der Waals surface area contributed by atoms with Crippen LogP contribution in [0.4, 0.5) is 9.18 Å². The molecule has 2 aromatic carbocycles. The molecule has 3 rings (SSSR count). The molecule has 0 saturated carbocycles. The summed E-state index contributed by atoms with van der Waals surface area (Å²) in [7, 11) is 0. The number of esters is 1. The average molecular weight is 450 g/mol. The van der Waals surface area contributed by atoms with Crippen LogP contribution in [-0.2, 0) is 16.1 Å². The number of nitrogens with zero attached hydrogens (tertiary/aromatic N) is 1. The Morgan fingerprint density at radius 3 is 2.67 bits per heavy atom. The molecule has 0 aromatic heterocycles. The number of halogens is 2. The fourth-order valence-corrected chi connectivity index (χ4v) is 3.81. The van der Waals surface area contributed by atoms with Crippen LogP contribution in [0.3, 0.4) is 0 Å². The van der Waals surface area contributed by atoms with Crippen LogP contribution in [0.25, 0.3) is 6.08 Å². The molecule has 1 saturated heterocycles. The van der Waals surface area contributed by atoms with Gasteiger partial charge in [0.2, 0.25) is 0 Å². The van der Waals surface area contributed by atoms with Gasteiger partial charge in [-0.3, -0.25) is 19.3 Å². The van der Waals surface area contributed by atoms with E-state index in [1.54, 1.807) is 25.1 Å². The average Bonchev–Trinajstić information content (AvgIpc) is 2.93. The quantitative estimate of drug-likeness (QED) is 0.349. The number of imide groups is 1. The molecule has 0 unspecified atom stereocenters. The zero-order valence-corrected chi connectivity index (χ0v) is 17.7. The number of hydrogen-bond acceptors (Lipinski definition) is 6. The predicted molar refractivity (Wildman–Crippen MR) is 112 cm³/mol. The lowest BCUT2D eigenvalue weighted by molar-refractivity contribution is -0.132. The van der Waals surface area contributed by atoms with Gasteiger partial charge in [-0.25, -0.2) is 4.39 Å². The molecule has 1 aliphatic rings. The number of carbonyl (C=O) groups excluding carboxylic acids is 3. The van der Waals surface area contributed by atoms with Gasteiger partial charge in [-0.1, -0.05) is 23.7 Å². The zero-order chi connectivity index (χ0) is 21.8. The van der Waals surface area contributed by atoms with E-state index < -0.39 is 22.9 Å². The van der Waals surface area contributed by atoms with Gasteiger partial charge in [-0.15, -0.1) is 0 Å². The first-order chi connectivity index (χ1) is 14.3. The molecule has 0 radical (unpaired) electrons. The van der Waals surface area contributed by atoms with E-state index in [4.69, 9.17) is 21.1 Å². The zero-order valence-electron chi connectivity index (χ0n) is 16.1. The van der Waals surface area contributed by atoms with Crippen molar-refractivity contribution in [2.24, 2.45) is 0 Å². The Balaban J connectivity index is 1.86. The lowest BCUT2D eigenvalue weighted by atomic mass is 10.1. The number of carbonyl (C=O) groups is 3. The molecule has 1 aliphatic heterocycles. The number of amides is 2. The summed E-state index contributed by atoms with van der Waals surface area (Å²) < 4.78 is 24.6. The molecule has 30 heavy (non-hydrogen) atoms. The molecule has 2 aromatic rings. The third kappa shape index (κ3) is 4.83. The van der Waals surface area contributed by atoms with Gasteiger partial charge in [0.05, 0.1) is 18.1 Å². The number of benzene rings is 2. The molecule has 0 spiro atoms. The predicted octanol–water partition coefficient (Wildman–Crippen LogP) is 5.04.